The quantitative estimate of drug-likeness (QED) is 0.232. The van der Waals surface area contributed by atoms with Crippen LogP contribution in [0.2, 0.25) is 0 Å². The Kier molecular flexibility index (Phi) is 7.00. The number of benzene rings is 6. The summed E-state index contributed by atoms with van der Waals surface area (Å²) in [6.07, 6.45) is -0.230. The third-order valence-electron chi connectivity index (χ3n) is 8.24. The molecular formula is C39H30N4. The van der Waals surface area contributed by atoms with Gasteiger partial charge in [0.2, 0.25) is 0 Å². The van der Waals surface area contributed by atoms with E-state index in [4.69, 9.17) is 4.99 Å². The summed E-state index contributed by atoms with van der Waals surface area (Å²) in [7, 11) is 2.14. The van der Waals surface area contributed by atoms with Crippen molar-refractivity contribution >= 4 is 16.6 Å². The molecule has 0 spiro atoms. The molecule has 2 atom stereocenters. The molecule has 4 heteroatoms. The fraction of sp³-hybridized carbons (Fsp3) is 0.0769. The van der Waals surface area contributed by atoms with Crippen LogP contribution in [0.25, 0.3) is 33.0 Å². The predicted molar refractivity (Wildman–Crippen MR) is 175 cm³/mol. The number of fused-ring (bicyclic) bond motifs is 1. The van der Waals surface area contributed by atoms with Crippen LogP contribution >= 0.6 is 0 Å². The van der Waals surface area contributed by atoms with Gasteiger partial charge >= 0.3 is 0 Å². The molecular weight excluding hydrogens is 524 g/mol. The number of nitrogens with one attached hydrogen (secondary N) is 1. The highest BCUT2D eigenvalue weighted by atomic mass is 15.4. The Morgan fingerprint density at radius 3 is 2.02 bits per heavy atom. The van der Waals surface area contributed by atoms with Gasteiger partial charge in [0, 0.05) is 5.56 Å². The highest BCUT2D eigenvalue weighted by Crippen LogP contribution is 2.40. The minimum absolute atomic E-state index is 0.0403. The molecule has 0 saturated carbocycles. The zero-order valence-electron chi connectivity index (χ0n) is 23.9. The number of hydrogen-bond acceptors (Lipinski definition) is 4. The maximum atomic E-state index is 9.21. The van der Waals surface area contributed by atoms with E-state index in [-0.39, 0.29) is 12.3 Å². The highest BCUT2D eigenvalue weighted by Gasteiger charge is 2.32. The Balaban J connectivity index is 1.34. The summed E-state index contributed by atoms with van der Waals surface area (Å²) in [6.45, 7) is 0. The molecule has 0 saturated heterocycles. The summed E-state index contributed by atoms with van der Waals surface area (Å²) >= 11 is 0. The van der Waals surface area contributed by atoms with E-state index >= 15 is 0 Å². The molecule has 0 amide bonds. The predicted octanol–water partition coefficient (Wildman–Crippen LogP) is 8.72. The number of nitriles is 1. The van der Waals surface area contributed by atoms with Gasteiger partial charge in [0.1, 0.15) is 18.2 Å². The molecule has 7 rings (SSSR count). The Labute approximate surface area is 252 Å². The SMILES string of the molecule is CN1C(c2ccc(-c3cccc(-c4ccc(C#N)cc4)c3)c3ccccc23)N=C(c2ccccc2)NC1c1ccccc1. The first-order chi connectivity index (χ1) is 21.2. The maximum Gasteiger partial charge on any atom is 0.132 e. The van der Waals surface area contributed by atoms with Crippen molar-refractivity contribution in [3.05, 3.63) is 168 Å². The van der Waals surface area contributed by atoms with Crippen molar-refractivity contribution in [2.45, 2.75) is 12.3 Å². The minimum atomic E-state index is -0.189. The summed E-state index contributed by atoms with van der Waals surface area (Å²) in [6, 6.07) is 52.6. The first-order valence-electron chi connectivity index (χ1n) is 14.5. The summed E-state index contributed by atoms with van der Waals surface area (Å²) in [4.78, 5) is 7.62. The van der Waals surface area contributed by atoms with Gasteiger partial charge in [0.25, 0.3) is 0 Å². The van der Waals surface area contributed by atoms with Crippen LogP contribution in [0.1, 0.15) is 34.6 Å². The smallest absolute Gasteiger partial charge is 0.132 e. The molecule has 6 aromatic carbocycles. The van der Waals surface area contributed by atoms with E-state index in [0.29, 0.717) is 5.56 Å². The zero-order valence-corrected chi connectivity index (χ0v) is 23.9. The normalized spacial score (nSPS) is 16.7. The number of hydrogen-bond donors (Lipinski definition) is 1. The van der Waals surface area contributed by atoms with Crippen LogP contribution in [-0.2, 0) is 0 Å². The molecule has 0 bridgehead atoms. The molecule has 43 heavy (non-hydrogen) atoms. The second-order valence-electron chi connectivity index (χ2n) is 10.9. The van der Waals surface area contributed by atoms with Crippen molar-refractivity contribution in [2.75, 3.05) is 7.05 Å². The van der Waals surface area contributed by atoms with Gasteiger partial charge in [-0.2, -0.15) is 5.26 Å². The molecule has 0 radical (unpaired) electrons. The standard InChI is InChI=1S/C39H30N4/c1-43-38(30-13-6-3-7-14-30)41-37(29-11-4-2-5-12-29)42-39(43)36-24-23-33(34-17-8-9-18-35(34)36)32-16-10-15-31(25-32)28-21-19-27(26-40)20-22-28/h2-25,38-39H,1H3,(H,41,42). The summed E-state index contributed by atoms with van der Waals surface area (Å²) in [5, 5.41) is 15.3. The van der Waals surface area contributed by atoms with Gasteiger partial charge in [-0.1, -0.05) is 127 Å². The minimum Gasteiger partial charge on any atom is -0.350 e. The first-order valence-corrected chi connectivity index (χ1v) is 14.5. The lowest BCUT2D eigenvalue weighted by molar-refractivity contribution is 0.153. The van der Waals surface area contributed by atoms with Crippen LogP contribution in [-0.4, -0.2) is 17.8 Å². The van der Waals surface area contributed by atoms with Gasteiger partial charge in [0.05, 0.1) is 11.6 Å². The molecule has 0 aliphatic carbocycles. The van der Waals surface area contributed by atoms with E-state index < -0.39 is 0 Å². The molecule has 1 aliphatic rings. The number of amidine groups is 1. The van der Waals surface area contributed by atoms with Gasteiger partial charge in [0.15, 0.2) is 0 Å². The molecule has 1 aliphatic heterocycles. The fourth-order valence-corrected chi connectivity index (χ4v) is 6.02. The third-order valence-corrected chi connectivity index (χ3v) is 8.24. The lowest BCUT2D eigenvalue weighted by Crippen LogP contribution is -2.46. The van der Waals surface area contributed by atoms with Gasteiger partial charge in [-0.3, -0.25) is 4.90 Å². The average molecular weight is 555 g/mol. The van der Waals surface area contributed by atoms with E-state index in [0.717, 1.165) is 28.1 Å². The van der Waals surface area contributed by atoms with Gasteiger partial charge in [-0.25, -0.2) is 4.99 Å². The first kappa shape index (κ1) is 26.4. The van der Waals surface area contributed by atoms with E-state index in [1.165, 1.54) is 27.5 Å². The molecule has 0 fully saturated rings. The van der Waals surface area contributed by atoms with Crippen molar-refractivity contribution in [1.29, 1.82) is 5.26 Å². The maximum absolute atomic E-state index is 9.21. The molecule has 4 nitrogen and oxygen atoms in total. The van der Waals surface area contributed by atoms with E-state index in [9.17, 15) is 5.26 Å². The Bertz CT molecular complexity index is 1970. The van der Waals surface area contributed by atoms with E-state index in [1.807, 2.05) is 30.3 Å². The molecule has 1 heterocycles. The third kappa shape index (κ3) is 5.08. The van der Waals surface area contributed by atoms with Crippen molar-refractivity contribution in [2.24, 2.45) is 4.99 Å². The highest BCUT2D eigenvalue weighted by molar-refractivity contribution is 6.01. The summed E-state index contributed by atoms with van der Waals surface area (Å²) in [5.74, 6) is 0.890. The van der Waals surface area contributed by atoms with E-state index in [2.05, 4.69) is 139 Å². The molecule has 2 unspecified atom stereocenters. The topological polar surface area (TPSA) is 51.4 Å². The Morgan fingerprint density at radius 1 is 0.628 bits per heavy atom. The monoisotopic (exact) mass is 554 g/mol. The Morgan fingerprint density at radius 2 is 1.28 bits per heavy atom. The largest absolute Gasteiger partial charge is 0.350 e. The second kappa shape index (κ2) is 11.4. The van der Waals surface area contributed by atoms with Crippen LogP contribution < -0.4 is 5.32 Å². The van der Waals surface area contributed by atoms with Crippen molar-refractivity contribution in [3.8, 4) is 28.3 Å². The second-order valence-corrected chi connectivity index (χ2v) is 10.9. The molecule has 206 valence electrons. The molecule has 6 aromatic rings. The average Bonchev–Trinajstić information content (AvgIpc) is 3.09. The number of nitrogens with zero attached hydrogens (tertiary/aromatic N) is 3. The van der Waals surface area contributed by atoms with Crippen LogP contribution in [0, 0.1) is 11.3 Å². The lowest BCUT2D eigenvalue weighted by atomic mass is 9.91. The number of rotatable bonds is 5. The fourth-order valence-electron chi connectivity index (χ4n) is 6.02. The van der Waals surface area contributed by atoms with Crippen LogP contribution in [0.5, 0.6) is 0 Å². The van der Waals surface area contributed by atoms with Gasteiger partial charge in [-0.05, 0) is 69.4 Å². The van der Waals surface area contributed by atoms with Gasteiger partial charge in [-0.15, -0.1) is 0 Å². The number of aliphatic imine (C=N–C) groups is 1. The molecule has 1 N–H and O–H groups in total. The van der Waals surface area contributed by atoms with Gasteiger partial charge < -0.3 is 5.32 Å². The molecule has 0 aromatic heterocycles. The Hall–Kier alpha value is -5.50. The summed E-state index contributed by atoms with van der Waals surface area (Å²) in [5.41, 5.74) is 8.64. The zero-order chi connectivity index (χ0) is 29.2. The van der Waals surface area contributed by atoms with E-state index in [1.54, 1.807) is 0 Å². The van der Waals surface area contributed by atoms with Crippen LogP contribution in [0.15, 0.2) is 151 Å². The van der Waals surface area contributed by atoms with Crippen molar-refractivity contribution in [3.63, 3.8) is 0 Å². The van der Waals surface area contributed by atoms with Crippen molar-refractivity contribution in [1.82, 2.24) is 10.2 Å². The van der Waals surface area contributed by atoms with Crippen LogP contribution in [0.4, 0.5) is 0 Å². The summed E-state index contributed by atoms with van der Waals surface area (Å²) < 4.78 is 0. The van der Waals surface area contributed by atoms with Crippen molar-refractivity contribution < 1.29 is 0 Å². The van der Waals surface area contributed by atoms with Crippen LogP contribution in [0.3, 0.4) is 0 Å². The lowest BCUT2D eigenvalue weighted by Gasteiger charge is -2.39.